The fourth-order valence-corrected chi connectivity index (χ4v) is 2.27. The van der Waals surface area contributed by atoms with Crippen LogP contribution >= 0.6 is 0 Å². The number of anilines is 3. The maximum Gasteiger partial charge on any atom is 0.573 e. The van der Waals surface area contributed by atoms with Crippen molar-refractivity contribution < 1.29 is 27.9 Å². The van der Waals surface area contributed by atoms with Gasteiger partial charge in [-0.25, -0.2) is 9.97 Å². The van der Waals surface area contributed by atoms with E-state index in [1.807, 2.05) is 0 Å². The van der Waals surface area contributed by atoms with Gasteiger partial charge in [0.15, 0.2) is 0 Å². The Balaban J connectivity index is 2.32. The number of alkyl halides is 3. The van der Waals surface area contributed by atoms with E-state index in [1.165, 1.54) is 17.0 Å². The van der Waals surface area contributed by atoms with Crippen LogP contribution in [-0.2, 0) is 0 Å². The minimum atomic E-state index is -4.81. The van der Waals surface area contributed by atoms with Crippen LogP contribution in [0.25, 0.3) is 0 Å². The van der Waals surface area contributed by atoms with Gasteiger partial charge in [-0.05, 0) is 31.2 Å². The molecule has 0 aliphatic heterocycles. The first kappa shape index (κ1) is 20.2. The van der Waals surface area contributed by atoms with Crippen LogP contribution in [0.15, 0.2) is 30.6 Å². The zero-order chi connectivity index (χ0) is 20.0. The summed E-state index contributed by atoms with van der Waals surface area (Å²) < 4.78 is 40.4. The number of aromatic nitrogens is 2. The van der Waals surface area contributed by atoms with Crippen molar-refractivity contribution in [2.45, 2.75) is 13.3 Å². The normalized spacial score (nSPS) is 11.1. The van der Waals surface area contributed by atoms with E-state index in [-0.39, 0.29) is 30.5 Å². The summed E-state index contributed by atoms with van der Waals surface area (Å²) in [7, 11) is 0. The minimum Gasteiger partial charge on any atom is -0.406 e. The van der Waals surface area contributed by atoms with E-state index in [1.54, 1.807) is 6.92 Å². The van der Waals surface area contributed by atoms with Crippen molar-refractivity contribution in [2.75, 3.05) is 29.9 Å². The van der Waals surface area contributed by atoms with Crippen molar-refractivity contribution in [2.24, 2.45) is 0 Å². The standard InChI is InChI=1S/C15H16F3N5O4/c1-2-22(7-8-24)14-12(23(25)26)13(19-9-20-14)21-10-3-5-11(6-4-10)27-15(16,17)18/h3-6,9,24H,2,7-8H2,1H3,(H,19,20,21). The molecule has 2 rings (SSSR count). The lowest BCUT2D eigenvalue weighted by Crippen LogP contribution is -2.28. The summed E-state index contributed by atoms with van der Waals surface area (Å²) in [6, 6.07) is 4.65. The molecule has 146 valence electrons. The van der Waals surface area contributed by atoms with Gasteiger partial charge in [-0.3, -0.25) is 10.1 Å². The van der Waals surface area contributed by atoms with Crippen molar-refractivity contribution >= 4 is 23.0 Å². The highest BCUT2D eigenvalue weighted by atomic mass is 19.4. The number of nitrogens with one attached hydrogen (secondary N) is 1. The number of nitrogens with zero attached hydrogens (tertiary/aromatic N) is 4. The van der Waals surface area contributed by atoms with Crippen molar-refractivity contribution in [3.63, 3.8) is 0 Å². The summed E-state index contributed by atoms with van der Waals surface area (Å²) >= 11 is 0. The largest absolute Gasteiger partial charge is 0.573 e. The predicted molar refractivity (Wildman–Crippen MR) is 90.1 cm³/mol. The Labute approximate surface area is 151 Å². The molecule has 0 atom stereocenters. The molecule has 0 radical (unpaired) electrons. The van der Waals surface area contributed by atoms with E-state index < -0.39 is 22.7 Å². The molecule has 2 N–H and O–H groups in total. The number of halogens is 3. The van der Waals surface area contributed by atoms with Gasteiger partial charge in [-0.1, -0.05) is 0 Å². The van der Waals surface area contributed by atoms with Crippen LogP contribution in [0.1, 0.15) is 6.92 Å². The molecule has 0 aliphatic rings. The molecule has 27 heavy (non-hydrogen) atoms. The monoisotopic (exact) mass is 387 g/mol. The van der Waals surface area contributed by atoms with Gasteiger partial charge in [0, 0.05) is 18.8 Å². The lowest BCUT2D eigenvalue weighted by molar-refractivity contribution is -0.383. The maximum atomic E-state index is 12.2. The molecule has 1 aromatic heterocycles. The second-order valence-corrected chi connectivity index (χ2v) is 5.15. The van der Waals surface area contributed by atoms with Gasteiger partial charge >= 0.3 is 12.0 Å². The van der Waals surface area contributed by atoms with E-state index in [0.717, 1.165) is 18.5 Å². The average Bonchev–Trinajstić information content (AvgIpc) is 2.59. The highest BCUT2D eigenvalue weighted by molar-refractivity contribution is 5.74. The Morgan fingerprint density at radius 1 is 1.30 bits per heavy atom. The van der Waals surface area contributed by atoms with Crippen LogP contribution < -0.4 is 15.0 Å². The smallest absolute Gasteiger partial charge is 0.406 e. The molecule has 12 heteroatoms. The van der Waals surface area contributed by atoms with Gasteiger partial charge in [-0.2, -0.15) is 0 Å². The highest BCUT2D eigenvalue weighted by Gasteiger charge is 2.31. The fraction of sp³-hybridized carbons (Fsp3) is 0.333. The molecule has 1 aromatic carbocycles. The molecule has 0 unspecified atom stereocenters. The Morgan fingerprint density at radius 2 is 1.96 bits per heavy atom. The molecule has 2 aromatic rings. The van der Waals surface area contributed by atoms with Gasteiger partial charge in [0.1, 0.15) is 12.1 Å². The molecule has 9 nitrogen and oxygen atoms in total. The number of ether oxygens (including phenoxy) is 1. The number of likely N-dealkylation sites (N-methyl/N-ethyl adjacent to an activating group) is 1. The van der Waals surface area contributed by atoms with Crippen molar-refractivity contribution in [3.8, 4) is 5.75 Å². The van der Waals surface area contributed by atoms with Gasteiger partial charge in [0.25, 0.3) is 0 Å². The van der Waals surface area contributed by atoms with Crippen LogP contribution in [0.5, 0.6) is 5.75 Å². The van der Waals surface area contributed by atoms with E-state index >= 15 is 0 Å². The number of hydrogen-bond donors (Lipinski definition) is 2. The van der Waals surface area contributed by atoms with Gasteiger partial charge < -0.3 is 20.1 Å². The predicted octanol–water partition coefficient (Wildman–Crippen LogP) is 2.85. The molecule has 0 saturated heterocycles. The highest BCUT2D eigenvalue weighted by Crippen LogP contribution is 2.34. The lowest BCUT2D eigenvalue weighted by Gasteiger charge is -2.21. The van der Waals surface area contributed by atoms with Crippen LogP contribution in [0, 0.1) is 10.1 Å². The summed E-state index contributed by atoms with van der Waals surface area (Å²) in [5.41, 5.74) is -0.147. The summed E-state index contributed by atoms with van der Waals surface area (Å²) in [4.78, 5) is 20.1. The number of aliphatic hydroxyl groups is 1. The number of rotatable bonds is 8. The van der Waals surface area contributed by atoms with Gasteiger partial charge in [0.05, 0.1) is 11.5 Å². The summed E-state index contributed by atoms with van der Waals surface area (Å²) in [5.74, 6) is -0.539. The fourth-order valence-electron chi connectivity index (χ4n) is 2.27. The van der Waals surface area contributed by atoms with Crippen LogP contribution in [-0.4, -0.2) is 46.1 Å². The van der Waals surface area contributed by atoms with Crippen LogP contribution in [0.4, 0.5) is 36.2 Å². The Hall–Kier alpha value is -3.15. The van der Waals surface area contributed by atoms with E-state index in [9.17, 15) is 23.3 Å². The quantitative estimate of drug-likeness (QED) is 0.525. The van der Waals surface area contributed by atoms with Gasteiger partial charge in [0.2, 0.25) is 11.6 Å². The minimum absolute atomic E-state index is 0.0195. The topological polar surface area (TPSA) is 114 Å². The Bertz CT molecular complexity index is 786. The third-order valence-corrected chi connectivity index (χ3v) is 3.39. The third kappa shape index (κ3) is 5.41. The molecular formula is C15H16F3N5O4. The molecular weight excluding hydrogens is 371 g/mol. The second-order valence-electron chi connectivity index (χ2n) is 5.15. The molecule has 1 heterocycles. The lowest BCUT2D eigenvalue weighted by atomic mass is 10.3. The first-order chi connectivity index (χ1) is 12.7. The molecule has 0 fully saturated rings. The summed E-state index contributed by atoms with van der Waals surface area (Å²) in [6.45, 7) is 2.02. The first-order valence-electron chi connectivity index (χ1n) is 7.73. The molecule has 0 spiro atoms. The van der Waals surface area contributed by atoms with Crippen molar-refractivity contribution in [1.29, 1.82) is 0 Å². The molecule has 0 saturated carbocycles. The zero-order valence-electron chi connectivity index (χ0n) is 14.1. The Kier molecular flexibility index (Phi) is 6.34. The van der Waals surface area contributed by atoms with Crippen LogP contribution in [0.3, 0.4) is 0 Å². The number of hydrogen-bond acceptors (Lipinski definition) is 8. The number of aliphatic hydroxyl groups excluding tert-OH is 1. The SMILES string of the molecule is CCN(CCO)c1ncnc(Nc2ccc(OC(F)(F)F)cc2)c1[N+](=O)[O-]. The van der Waals surface area contributed by atoms with Crippen molar-refractivity contribution in [1.82, 2.24) is 9.97 Å². The average molecular weight is 387 g/mol. The summed E-state index contributed by atoms with van der Waals surface area (Å²) in [6.07, 6.45) is -3.70. The molecule has 0 amide bonds. The maximum absolute atomic E-state index is 12.2. The third-order valence-electron chi connectivity index (χ3n) is 3.39. The summed E-state index contributed by atoms with van der Waals surface area (Å²) in [5, 5.41) is 23.3. The first-order valence-corrected chi connectivity index (χ1v) is 7.73. The van der Waals surface area contributed by atoms with E-state index in [4.69, 9.17) is 5.11 Å². The second kappa shape index (κ2) is 8.49. The van der Waals surface area contributed by atoms with Gasteiger partial charge in [-0.15, -0.1) is 13.2 Å². The number of benzene rings is 1. The van der Waals surface area contributed by atoms with Crippen LogP contribution in [0.2, 0.25) is 0 Å². The molecule has 0 bridgehead atoms. The van der Waals surface area contributed by atoms with E-state index in [2.05, 4.69) is 20.0 Å². The zero-order valence-corrected chi connectivity index (χ0v) is 14.1. The Morgan fingerprint density at radius 3 is 2.48 bits per heavy atom. The van der Waals surface area contributed by atoms with E-state index in [0.29, 0.717) is 6.54 Å². The number of nitro groups is 1. The molecule has 0 aliphatic carbocycles. The van der Waals surface area contributed by atoms with Crippen molar-refractivity contribution in [3.05, 3.63) is 40.7 Å².